The molecule has 0 atom stereocenters. The molecule has 3 N–H and O–H groups in total. The number of aromatic amines is 2. The third-order valence-corrected chi connectivity index (χ3v) is 8.47. The van der Waals surface area contributed by atoms with Gasteiger partial charge in [-0.1, -0.05) is 44.0 Å². The molecule has 0 radical (unpaired) electrons. The maximum Gasteiger partial charge on any atom is 0.116 e. The van der Waals surface area contributed by atoms with Gasteiger partial charge in [-0.25, -0.2) is 0 Å². The SMILES string of the molecule is C=C(Nc1cncc(-c2ccc3[nH]nc(-c4cc5c(-c6ccsc6)cccc5[nH]4)c3c2)c1)C1CCCCC1. The third-order valence-electron chi connectivity index (χ3n) is 7.79. The average molecular weight is 516 g/mol. The Hall–Kier alpha value is -4.16. The minimum atomic E-state index is 0.550. The molecule has 0 saturated heterocycles. The predicted octanol–water partition coefficient (Wildman–Crippen LogP) is 9.01. The van der Waals surface area contributed by atoms with Crippen LogP contribution in [0, 0.1) is 5.92 Å². The van der Waals surface area contributed by atoms with Crippen molar-refractivity contribution in [1.82, 2.24) is 20.2 Å². The van der Waals surface area contributed by atoms with Crippen LogP contribution in [0.5, 0.6) is 0 Å². The lowest BCUT2D eigenvalue weighted by Gasteiger charge is -2.24. The normalized spacial score (nSPS) is 14.3. The molecule has 2 aromatic carbocycles. The number of nitrogens with zero attached hydrogens (tertiary/aromatic N) is 2. The minimum Gasteiger partial charge on any atom is -0.358 e. The van der Waals surface area contributed by atoms with Gasteiger partial charge in [0.2, 0.25) is 0 Å². The van der Waals surface area contributed by atoms with Crippen molar-refractivity contribution in [1.29, 1.82) is 0 Å². The fourth-order valence-electron chi connectivity index (χ4n) is 5.76. The zero-order valence-electron chi connectivity index (χ0n) is 21.1. The standard InChI is InChI=1S/C32H29N5S/c1-20(21-6-3-2-4-7-21)34-25-14-24(17-33-18-25)22-10-11-30-28(15-22)32(37-36-30)31-16-27-26(23-12-13-38-19-23)8-5-9-29(27)35-31/h5,8-19,21,34-35H,1-4,6-7H2,(H,36,37). The van der Waals surface area contributed by atoms with E-state index in [4.69, 9.17) is 5.10 Å². The molecule has 0 spiro atoms. The highest BCUT2D eigenvalue weighted by Gasteiger charge is 2.17. The Morgan fingerprint density at radius 2 is 1.82 bits per heavy atom. The van der Waals surface area contributed by atoms with Crippen molar-refractivity contribution in [3.05, 3.63) is 90.0 Å². The van der Waals surface area contributed by atoms with Gasteiger partial charge in [0.15, 0.2) is 0 Å². The van der Waals surface area contributed by atoms with Crippen LogP contribution in [0.1, 0.15) is 32.1 Å². The van der Waals surface area contributed by atoms with Crippen molar-refractivity contribution in [2.24, 2.45) is 5.92 Å². The van der Waals surface area contributed by atoms with Crippen molar-refractivity contribution in [3.63, 3.8) is 0 Å². The van der Waals surface area contributed by atoms with Crippen LogP contribution in [0.2, 0.25) is 0 Å². The third kappa shape index (κ3) is 4.21. The van der Waals surface area contributed by atoms with Gasteiger partial charge in [0.05, 0.1) is 23.1 Å². The number of anilines is 1. The van der Waals surface area contributed by atoms with E-state index >= 15 is 0 Å². The molecule has 6 heteroatoms. The van der Waals surface area contributed by atoms with E-state index in [2.05, 4.69) is 92.3 Å². The van der Waals surface area contributed by atoms with Gasteiger partial charge in [0.25, 0.3) is 0 Å². The molecule has 38 heavy (non-hydrogen) atoms. The van der Waals surface area contributed by atoms with Gasteiger partial charge in [-0.2, -0.15) is 16.4 Å². The Morgan fingerprint density at radius 3 is 2.68 bits per heavy atom. The van der Waals surface area contributed by atoms with Crippen LogP contribution < -0.4 is 5.32 Å². The number of hydrogen-bond acceptors (Lipinski definition) is 4. The molecule has 0 aliphatic heterocycles. The lowest BCUT2D eigenvalue weighted by Crippen LogP contribution is -2.14. The lowest BCUT2D eigenvalue weighted by atomic mass is 9.87. The van der Waals surface area contributed by atoms with Crippen LogP contribution in [-0.4, -0.2) is 20.2 Å². The van der Waals surface area contributed by atoms with Gasteiger partial charge in [0, 0.05) is 33.7 Å². The summed E-state index contributed by atoms with van der Waals surface area (Å²) in [5.41, 5.74) is 10.8. The zero-order valence-corrected chi connectivity index (χ0v) is 21.9. The number of aromatic nitrogens is 4. The Bertz CT molecular complexity index is 1750. The van der Waals surface area contributed by atoms with Crippen molar-refractivity contribution in [2.75, 3.05) is 5.32 Å². The molecule has 7 rings (SSSR count). The number of H-pyrrole nitrogens is 2. The molecule has 6 aromatic rings. The molecule has 0 unspecified atom stereocenters. The maximum absolute atomic E-state index is 4.70. The second-order valence-corrected chi connectivity index (χ2v) is 11.0. The number of rotatable bonds is 6. The summed E-state index contributed by atoms with van der Waals surface area (Å²) >= 11 is 1.72. The van der Waals surface area contributed by atoms with Crippen LogP contribution in [-0.2, 0) is 0 Å². The quantitative estimate of drug-likeness (QED) is 0.207. The fraction of sp³-hybridized carbons (Fsp3) is 0.188. The first kappa shape index (κ1) is 23.0. The topological polar surface area (TPSA) is 69.4 Å². The molecule has 0 amide bonds. The van der Waals surface area contributed by atoms with Gasteiger partial charge in [-0.15, -0.1) is 0 Å². The minimum absolute atomic E-state index is 0.550. The summed E-state index contributed by atoms with van der Waals surface area (Å²) in [6.45, 7) is 4.34. The molecule has 1 fully saturated rings. The van der Waals surface area contributed by atoms with Gasteiger partial charge in [-0.3, -0.25) is 10.1 Å². The number of nitrogens with one attached hydrogen (secondary N) is 3. The van der Waals surface area contributed by atoms with E-state index in [-0.39, 0.29) is 0 Å². The molecule has 0 bridgehead atoms. The Morgan fingerprint density at radius 1 is 0.895 bits per heavy atom. The van der Waals surface area contributed by atoms with E-state index in [0.717, 1.165) is 50.3 Å². The predicted molar refractivity (Wildman–Crippen MR) is 159 cm³/mol. The van der Waals surface area contributed by atoms with Crippen LogP contribution in [0.15, 0.2) is 90.0 Å². The largest absolute Gasteiger partial charge is 0.358 e. The van der Waals surface area contributed by atoms with E-state index in [0.29, 0.717) is 5.92 Å². The second kappa shape index (κ2) is 9.62. The van der Waals surface area contributed by atoms with Crippen LogP contribution >= 0.6 is 11.3 Å². The van der Waals surface area contributed by atoms with Gasteiger partial charge in [-0.05, 0) is 82.6 Å². The monoisotopic (exact) mass is 515 g/mol. The number of thiophene rings is 1. The number of hydrogen-bond donors (Lipinski definition) is 3. The highest BCUT2D eigenvalue weighted by molar-refractivity contribution is 7.08. The highest BCUT2D eigenvalue weighted by Crippen LogP contribution is 2.36. The van der Waals surface area contributed by atoms with Crippen LogP contribution in [0.25, 0.3) is 55.4 Å². The van der Waals surface area contributed by atoms with E-state index < -0.39 is 0 Å². The molecule has 1 saturated carbocycles. The maximum atomic E-state index is 4.70. The van der Waals surface area contributed by atoms with Gasteiger partial charge < -0.3 is 10.3 Å². The van der Waals surface area contributed by atoms with E-state index in [1.165, 1.54) is 48.6 Å². The molecule has 1 aliphatic carbocycles. The van der Waals surface area contributed by atoms with Crippen LogP contribution in [0.3, 0.4) is 0 Å². The lowest BCUT2D eigenvalue weighted by molar-refractivity contribution is 0.405. The summed E-state index contributed by atoms with van der Waals surface area (Å²) < 4.78 is 0. The number of allylic oxidation sites excluding steroid dienone is 1. The Balaban J connectivity index is 1.23. The Labute approximate surface area is 225 Å². The van der Waals surface area contributed by atoms with Crippen molar-refractivity contribution >= 4 is 38.8 Å². The van der Waals surface area contributed by atoms with Crippen molar-refractivity contribution in [2.45, 2.75) is 32.1 Å². The summed E-state index contributed by atoms with van der Waals surface area (Å²) in [7, 11) is 0. The molecule has 5 nitrogen and oxygen atoms in total. The first-order chi connectivity index (χ1) is 18.7. The number of benzene rings is 2. The summed E-state index contributed by atoms with van der Waals surface area (Å²) in [6, 6.07) is 19.4. The first-order valence-electron chi connectivity index (χ1n) is 13.3. The molecule has 1 aliphatic rings. The molecule has 4 aromatic heterocycles. The van der Waals surface area contributed by atoms with E-state index in [9.17, 15) is 0 Å². The molecular formula is C32H29N5S. The smallest absolute Gasteiger partial charge is 0.116 e. The van der Waals surface area contributed by atoms with Crippen LogP contribution in [0.4, 0.5) is 5.69 Å². The molecular weight excluding hydrogens is 486 g/mol. The fourth-order valence-corrected chi connectivity index (χ4v) is 6.41. The zero-order chi connectivity index (χ0) is 25.5. The van der Waals surface area contributed by atoms with Gasteiger partial charge >= 0.3 is 0 Å². The average Bonchev–Trinajstić information content (AvgIpc) is 3.73. The highest BCUT2D eigenvalue weighted by atomic mass is 32.1. The number of pyridine rings is 1. The second-order valence-electron chi connectivity index (χ2n) is 10.2. The summed E-state index contributed by atoms with van der Waals surface area (Å²) in [6.07, 6.45) is 10.2. The molecule has 188 valence electrons. The summed E-state index contributed by atoms with van der Waals surface area (Å²) in [5, 5.41) is 18.1. The summed E-state index contributed by atoms with van der Waals surface area (Å²) in [5.74, 6) is 0.550. The van der Waals surface area contributed by atoms with E-state index in [1.807, 2.05) is 12.4 Å². The van der Waals surface area contributed by atoms with Crippen molar-refractivity contribution in [3.8, 4) is 33.6 Å². The molecule has 4 heterocycles. The first-order valence-corrected chi connectivity index (χ1v) is 14.2. The van der Waals surface area contributed by atoms with Crippen molar-refractivity contribution < 1.29 is 0 Å². The van der Waals surface area contributed by atoms with E-state index in [1.54, 1.807) is 11.3 Å². The summed E-state index contributed by atoms with van der Waals surface area (Å²) in [4.78, 5) is 8.14. The Kier molecular flexibility index (Phi) is 5.82. The van der Waals surface area contributed by atoms with Gasteiger partial charge in [0.1, 0.15) is 5.69 Å². The number of fused-ring (bicyclic) bond motifs is 2.